The molecule has 0 saturated heterocycles. The standard InChI is InChI=1S/C21H18N4O3/c1-3-5-13-6-4-7-14(20(13)26)11-23-25-12-22-18-16-10-15(28-2)8-9-17(16)24-19(18)21(25)27/h3-4,6-12,24,26H,1,5H2,2H3/b23-11-. The smallest absolute Gasteiger partial charge is 0.298 e. The fourth-order valence-corrected chi connectivity index (χ4v) is 3.09. The molecule has 4 aromatic rings. The molecular weight excluding hydrogens is 356 g/mol. The van der Waals surface area contributed by atoms with E-state index in [2.05, 4.69) is 21.6 Å². The van der Waals surface area contributed by atoms with Gasteiger partial charge in [0, 0.05) is 16.5 Å². The van der Waals surface area contributed by atoms with Crippen molar-refractivity contribution in [3.05, 3.63) is 76.9 Å². The normalized spacial score (nSPS) is 11.5. The number of fused-ring (bicyclic) bond motifs is 3. The number of benzene rings is 2. The first-order chi connectivity index (χ1) is 13.6. The zero-order valence-electron chi connectivity index (χ0n) is 15.2. The Morgan fingerprint density at radius 2 is 2.21 bits per heavy atom. The molecule has 7 nitrogen and oxygen atoms in total. The molecule has 0 aliphatic carbocycles. The van der Waals surface area contributed by atoms with Gasteiger partial charge in [0.2, 0.25) is 0 Å². The van der Waals surface area contributed by atoms with Crippen molar-refractivity contribution in [2.45, 2.75) is 6.42 Å². The molecule has 0 spiro atoms. The minimum atomic E-state index is -0.335. The Morgan fingerprint density at radius 1 is 1.36 bits per heavy atom. The van der Waals surface area contributed by atoms with E-state index in [1.807, 2.05) is 30.3 Å². The van der Waals surface area contributed by atoms with Crippen LogP contribution in [0.3, 0.4) is 0 Å². The molecule has 0 fully saturated rings. The Hall–Kier alpha value is -3.87. The number of H-pyrrole nitrogens is 1. The van der Waals surface area contributed by atoms with Crippen molar-refractivity contribution in [3.8, 4) is 11.5 Å². The number of phenols is 1. The summed E-state index contributed by atoms with van der Waals surface area (Å²) in [4.78, 5) is 20.3. The van der Waals surface area contributed by atoms with Crippen LogP contribution in [0.1, 0.15) is 11.1 Å². The highest BCUT2D eigenvalue weighted by Gasteiger charge is 2.11. The number of aromatic amines is 1. The van der Waals surface area contributed by atoms with Gasteiger partial charge >= 0.3 is 0 Å². The summed E-state index contributed by atoms with van der Waals surface area (Å²) in [6.07, 6.45) is 5.05. The number of nitrogens with zero attached hydrogens (tertiary/aromatic N) is 3. The first kappa shape index (κ1) is 17.5. The van der Waals surface area contributed by atoms with Crippen molar-refractivity contribution in [1.29, 1.82) is 0 Å². The van der Waals surface area contributed by atoms with Crippen LogP contribution in [0.25, 0.3) is 21.9 Å². The summed E-state index contributed by atoms with van der Waals surface area (Å²) < 4.78 is 6.38. The number of hydrogen-bond acceptors (Lipinski definition) is 5. The minimum absolute atomic E-state index is 0.117. The van der Waals surface area contributed by atoms with Gasteiger partial charge in [0.25, 0.3) is 5.56 Å². The first-order valence-corrected chi connectivity index (χ1v) is 8.65. The van der Waals surface area contributed by atoms with E-state index in [0.717, 1.165) is 21.1 Å². The van der Waals surface area contributed by atoms with Crippen molar-refractivity contribution < 1.29 is 9.84 Å². The van der Waals surface area contributed by atoms with Gasteiger partial charge in [0.05, 0.1) is 13.3 Å². The lowest BCUT2D eigenvalue weighted by atomic mass is 10.1. The van der Waals surface area contributed by atoms with Crippen LogP contribution in [0.4, 0.5) is 0 Å². The highest BCUT2D eigenvalue weighted by molar-refractivity contribution is 6.04. The van der Waals surface area contributed by atoms with E-state index in [4.69, 9.17) is 4.74 Å². The second-order valence-electron chi connectivity index (χ2n) is 6.25. The maximum atomic E-state index is 12.8. The minimum Gasteiger partial charge on any atom is -0.507 e. The van der Waals surface area contributed by atoms with Crippen molar-refractivity contribution in [2.75, 3.05) is 7.11 Å². The number of hydrogen-bond donors (Lipinski definition) is 2. The molecule has 28 heavy (non-hydrogen) atoms. The van der Waals surface area contributed by atoms with Crippen LogP contribution < -0.4 is 10.3 Å². The second-order valence-corrected chi connectivity index (χ2v) is 6.25. The largest absolute Gasteiger partial charge is 0.507 e. The number of aromatic hydroxyl groups is 1. The summed E-state index contributed by atoms with van der Waals surface area (Å²) in [5, 5.41) is 15.3. The molecule has 0 radical (unpaired) electrons. The van der Waals surface area contributed by atoms with Crippen LogP contribution in [0.2, 0.25) is 0 Å². The summed E-state index contributed by atoms with van der Waals surface area (Å²) in [5.74, 6) is 0.804. The number of ether oxygens (including phenoxy) is 1. The summed E-state index contributed by atoms with van der Waals surface area (Å²) in [6.45, 7) is 3.68. The molecule has 7 heteroatoms. The number of nitrogens with one attached hydrogen (secondary N) is 1. The van der Waals surface area contributed by atoms with E-state index < -0.39 is 0 Å². The Balaban J connectivity index is 1.78. The van der Waals surface area contributed by atoms with Crippen LogP contribution in [0, 0.1) is 0 Å². The van der Waals surface area contributed by atoms with Crippen molar-refractivity contribution >= 4 is 28.2 Å². The molecule has 0 aliphatic heterocycles. The van der Waals surface area contributed by atoms with Gasteiger partial charge in [0.15, 0.2) is 0 Å². The molecule has 0 bridgehead atoms. The van der Waals surface area contributed by atoms with Crippen molar-refractivity contribution in [2.24, 2.45) is 5.10 Å². The molecule has 2 aromatic heterocycles. The predicted octanol–water partition coefficient (Wildman–Crippen LogP) is 3.20. The van der Waals surface area contributed by atoms with Crippen molar-refractivity contribution in [1.82, 2.24) is 14.6 Å². The fourth-order valence-electron chi connectivity index (χ4n) is 3.09. The monoisotopic (exact) mass is 374 g/mol. The first-order valence-electron chi connectivity index (χ1n) is 8.65. The molecule has 0 atom stereocenters. The van der Waals surface area contributed by atoms with E-state index >= 15 is 0 Å². The summed E-state index contributed by atoms with van der Waals surface area (Å²) in [6, 6.07) is 10.8. The van der Waals surface area contributed by atoms with Gasteiger partial charge in [-0.3, -0.25) is 4.79 Å². The maximum absolute atomic E-state index is 12.8. The number of allylic oxidation sites excluding steroid dienone is 1. The van der Waals surface area contributed by atoms with E-state index in [9.17, 15) is 9.90 Å². The molecule has 0 amide bonds. The number of para-hydroxylation sites is 1. The lowest BCUT2D eigenvalue weighted by molar-refractivity contribution is 0.415. The molecule has 2 N–H and O–H groups in total. The lowest BCUT2D eigenvalue weighted by Crippen LogP contribution is -2.17. The van der Waals surface area contributed by atoms with Crippen LogP contribution >= 0.6 is 0 Å². The number of rotatable bonds is 5. The molecule has 4 rings (SSSR count). The van der Waals surface area contributed by atoms with Gasteiger partial charge in [-0.1, -0.05) is 18.2 Å². The van der Waals surface area contributed by atoms with Gasteiger partial charge in [-0.2, -0.15) is 9.78 Å². The topological polar surface area (TPSA) is 92.5 Å². The van der Waals surface area contributed by atoms with Crippen LogP contribution in [-0.4, -0.2) is 33.1 Å². The molecule has 0 saturated carbocycles. The van der Waals surface area contributed by atoms with E-state index in [-0.39, 0.29) is 11.3 Å². The number of phenolic OH excluding ortho intramolecular Hbond substituents is 1. The molecular formula is C21H18N4O3. The lowest BCUT2D eigenvalue weighted by Gasteiger charge is -2.04. The summed E-state index contributed by atoms with van der Waals surface area (Å²) >= 11 is 0. The molecule has 2 heterocycles. The van der Waals surface area contributed by atoms with Crippen LogP contribution in [0.15, 0.2) is 65.3 Å². The zero-order valence-corrected chi connectivity index (χ0v) is 15.2. The SMILES string of the molecule is C=CCc1cccc(/C=N\n2cnc3c([nH]c4ccc(OC)cc43)c2=O)c1O. The molecule has 140 valence electrons. The Kier molecular flexibility index (Phi) is 4.41. The average molecular weight is 374 g/mol. The average Bonchev–Trinajstić information content (AvgIpc) is 3.08. The zero-order chi connectivity index (χ0) is 19.7. The Labute approximate surface area is 160 Å². The third kappa shape index (κ3) is 2.92. The molecule has 0 aliphatic rings. The quantitative estimate of drug-likeness (QED) is 0.414. The highest BCUT2D eigenvalue weighted by Crippen LogP contribution is 2.25. The molecule has 0 unspecified atom stereocenters. The summed E-state index contributed by atoms with van der Waals surface area (Å²) in [7, 11) is 1.59. The fraction of sp³-hybridized carbons (Fsp3) is 0.0952. The van der Waals surface area contributed by atoms with Crippen LogP contribution in [0.5, 0.6) is 11.5 Å². The second kappa shape index (κ2) is 7.03. The Morgan fingerprint density at radius 3 is 3.00 bits per heavy atom. The predicted molar refractivity (Wildman–Crippen MR) is 109 cm³/mol. The number of methoxy groups -OCH3 is 1. The third-order valence-electron chi connectivity index (χ3n) is 4.53. The van der Waals surface area contributed by atoms with E-state index in [0.29, 0.717) is 28.8 Å². The van der Waals surface area contributed by atoms with E-state index in [1.54, 1.807) is 19.3 Å². The highest BCUT2D eigenvalue weighted by atomic mass is 16.5. The van der Waals surface area contributed by atoms with Crippen LogP contribution in [-0.2, 0) is 6.42 Å². The number of aromatic nitrogens is 3. The maximum Gasteiger partial charge on any atom is 0.298 e. The summed E-state index contributed by atoms with van der Waals surface area (Å²) in [5.41, 5.74) is 2.61. The van der Waals surface area contributed by atoms with Gasteiger partial charge in [-0.15, -0.1) is 6.58 Å². The van der Waals surface area contributed by atoms with E-state index in [1.165, 1.54) is 12.5 Å². The third-order valence-corrected chi connectivity index (χ3v) is 4.53. The van der Waals surface area contributed by atoms with Gasteiger partial charge in [-0.25, -0.2) is 4.98 Å². The Bertz CT molecular complexity index is 1280. The van der Waals surface area contributed by atoms with Gasteiger partial charge in [-0.05, 0) is 36.2 Å². The van der Waals surface area contributed by atoms with Gasteiger partial charge < -0.3 is 14.8 Å². The van der Waals surface area contributed by atoms with Gasteiger partial charge in [0.1, 0.15) is 28.9 Å². The van der Waals surface area contributed by atoms with Crippen molar-refractivity contribution in [3.63, 3.8) is 0 Å². The molecule has 2 aromatic carbocycles.